The Labute approximate surface area is 231 Å². The summed E-state index contributed by atoms with van der Waals surface area (Å²) in [4.78, 5) is 0. The van der Waals surface area contributed by atoms with Gasteiger partial charge in [0.15, 0.2) is 0 Å². The monoisotopic (exact) mass is 526 g/mol. The molecule has 3 heteroatoms. The summed E-state index contributed by atoms with van der Waals surface area (Å²) >= 11 is 0. The summed E-state index contributed by atoms with van der Waals surface area (Å²) in [6.45, 7) is 4.00. The van der Waals surface area contributed by atoms with E-state index in [0.717, 1.165) is 22.3 Å². The Bertz CT molecular complexity index is 1550. The van der Waals surface area contributed by atoms with Crippen molar-refractivity contribution in [2.75, 3.05) is 0 Å². The first-order chi connectivity index (χ1) is 16.3. The SMILES string of the molecule is CC.Oc1ccc(C#CC#Cc2ccccc2-c2ccc3c(ccc4ccccc43)c2)cc1.[V].[V]. The Hall–Kier alpha value is -3.29. The van der Waals surface area contributed by atoms with Crippen LogP contribution in [0.3, 0.4) is 0 Å². The van der Waals surface area contributed by atoms with Gasteiger partial charge < -0.3 is 5.11 Å². The van der Waals surface area contributed by atoms with E-state index in [0.29, 0.717) is 0 Å². The van der Waals surface area contributed by atoms with Crippen LogP contribution in [0.5, 0.6) is 5.75 Å². The van der Waals surface area contributed by atoms with Crippen LogP contribution in [0.2, 0.25) is 0 Å². The van der Waals surface area contributed by atoms with Crippen molar-refractivity contribution >= 4 is 21.5 Å². The minimum atomic E-state index is 0. The Morgan fingerprint density at radius 1 is 0.571 bits per heavy atom. The summed E-state index contributed by atoms with van der Waals surface area (Å²) in [5.74, 6) is 12.3. The molecule has 0 atom stereocenters. The van der Waals surface area contributed by atoms with E-state index in [1.807, 2.05) is 32.0 Å². The average molecular weight is 526 g/mol. The Balaban J connectivity index is 0.00000105. The van der Waals surface area contributed by atoms with Crippen molar-refractivity contribution in [3.05, 3.63) is 114 Å². The molecule has 0 fully saturated rings. The van der Waals surface area contributed by atoms with E-state index in [-0.39, 0.29) is 42.9 Å². The fourth-order valence-corrected chi connectivity index (χ4v) is 3.77. The third-order valence-electron chi connectivity index (χ3n) is 5.32. The molecule has 0 saturated carbocycles. The number of phenolic OH excluding ortho intramolecular Hbond substituents is 1. The Morgan fingerprint density at radius 3 is 2.00 bits per heavy atom. The van der Waals surface area contributed by atoms with Gasteiger partial charge in [-0.05, 0) is 80.9 Å². The Kier molecular flexibility index (Phi) is 10.8. The predicted octanol–water partition coefficient (Wildman–Crippen LogP) is 7.79. The maximum absolute atomic E-state index is 9.36. The van der Waals surface area contributed by atoms with Gasteiger partial charge in [0.2, 0.25) is 0 Å². The van der Waals surface area contributed by atoms with Crippen LogP contribution >= 0.6 is 0 Å². The van der Waals surface area contributed by atoms with Gasteiger partial charge in [0, 0.05) is 48.2 Å². The van der Waals surface area contributed by atoms with Crippen molar-refractivity contribution in [2.24, 2.45) is 0 Å². The zero-order valence-electron chi connectivity index (χ0n) is 19.7. The molecule has 0 unspecified atom stereocenters. The van der Waals surface area contributed by atoms with Crippen LogP contribution in [-0.4, -0.2) is 5.11 Å². The first-order valence-corrected chi connectivity index (χ1v) is 11.1. The number of rotatable bonds is 1. The zero-order valence-corrected chi connectivity index (χ0v) is 22.4. The molecule has 5 aromatic rings. The summed E-state index contributed by atoms with van der Waals surface area (Å²) in [6.07, 6.45) is 0. The average Bonchev–Trinajstić information content (AvgIpc) is 2.88. The maximum atomic E-state index is 9.36. The molecule has 35 heavy (non-hydrogen) atoms. The summed E-state index contributed by atoms with van der Waals surface area (Å²) in [5.41, 5.74) is 4.00. The van der Waals surface area contributed by atoms with Gasteiger partial charge in [0.1, 0.15) is 5.75 Å². The van der Waals surface area contributed by atoms with Crippen molar-refractivity contribution < 1.29 is 42.2 Å². The summed E-state index contributed by atoms with van der Waals surface area (Å²) in [6, 6.07) is 34.3. The van der Waals surface area contributed by atoms with Crippen molar-refractivity contribution in [1.82, 2.24) is 0 Å². The van der Waals surface area contributed by atoms with E-state index in [4.69, 9.17) is 0 Å². The fraction of sp³-hybridized carbons (Fsp3) is 0.0625. The topological polar surface area (TPSA) is 20.2 Å². The standard InChI is InChI=1S/C30H18O.C2H6.2V/c31-27-18-13-22(14-19-27)7-1-2-8-23-9-3-5-11-28(23)25-17-20-30-26(21-25)16-15-24-10-4-6-12-29(24)30;1-2;;/h3-6,9-21,31H;1-2H3;;. The van der Waals surface area contributed by atoms with E-state index in [9.17, 15) is 5.11 Å². The Morgan fingerprint density at radius 2 is 1.20 bits per heavy atom. The van der Waals surface area contributed by atoms with Crippen LogP contribution in [-0.2, 0) is 37.1 Å². The first kappa shape index (κ1) is 27.9. The molecule has 2 radical (unpaired) electrons. The molecule has 0 aliphatic rings. The third kappa shape index (κ3) is 6.65. The molecule has 5 aromatic carbocycles. The molecule has 0 aromatic heterocycles. The first-order valence-electron chi connectivity index (χ1n) is 11.1. The van der Waals surface area contributed by atoms with Gasteiger partial charge in [-0.3, -0.25) is 0 Å². The summed E-state index contributed by atoms with van der Waals surface area (Å²) in [7, 11) is 0. The molecule has 0 saturated heterocycles. The second kappa shape index (κ2) is 13.6. The number of fused-ring (bicyclic) bond motifs is 3. The normalized spacial score (nSPS) is 9.20. The van der Waals surface area contributed by atoms with Crippen LogP contribution in [0.4, 0.5) is 0 Å². The number of aromatic hydroxyl groups is 1. The molecule has 168 valence electrons. The van der Waals surface area contributed by atoms with Gasteiger partial charge in [-0.25, -0.2) is 0 Å². The van der Waals surface area contributed by atoms with Crippen LogP contribution in [0.15, 0.2) is 103 Å². The van der Waals surface area contributed by atoms with Crippen molar-refractivity contribution in [3.63, 3.8) is 0 Å². The van der Waals surface area contributed by atoms with Gasteiger partial charge in [-0.1, -0.05) is 92.4 Å². The quantitative estimate of drug-likeness (QED) is 0.175. The van der Waals surface area contributed by atoms with Crippen LogP contribution in [0.1, 0.15) is 25.0 Å². The van der Waals surface area contributed by atoms with E-state index >= 15 is 0 Å². The fourth-order valence-electron chi connectivity index (χ4n) is 3.77. The largest absolute Gasteiger partial charge is 0.508 e. The number of phenols is 1. The second-order valence-electron chi connectivity index (χ2n) is 7.32. The predicted molar refractivity (Wildman–Crippen MR) is 140 cm³/mol. The second-order valence-corrected chi connectivity index (χ2v) is 7.32. The van der Waals surface area contributed by atoms with Crippen molar-refractivity contribution in [3.8, 4) is 40.6 Å². The van der Waals surface area contributed by atoms with E-state index in [2.05, 4.69) is 84.3 Å². The minimum Gasteiger partial charge on any atom is -0.508 e. The molecular weight excluding hydrogens is 502 g/mol. The van der Waals surface area contributed by atoms with Crippen LogP contribution in [0, 0.1) is 23.7 Å². The third-order valence-corrected chi connectivity index (χ3v) is 5.32. The molecule has 0 bridgehead atoms. The van der Waals surface area contributed by atoms with Gasteiger partial charge >= 0.3 is 0 Å². The zero-order chi connectivity index (χ0) is 23.0. The molecule has 0 amide bonds. The van der Waals surface area contributed by atoms with Gasteiger partial charge in [0.25, 0.3) is 0 Å². The van der Waals surface area contributed by atoms with Gasteiger partial charge in [-0.15, -0.1) is 0 Å². The van der Waals surface area contributed by atoms with E-state index in [1.54, 1.807) is 24.3 Å². The molecule has 1 N–H and O–H groups in total. The molecule has 0 heterocycles. The van der Waals surface area contributed by atoms with Crippen LogP contribution < -0.4 is 0 Å². The van der Waals surface area contributed by atoms with E-state index in [1.165, 1.54) is 21.5 Å². The number of hydrogen-bond acceptors (Lipinski definition) is 1. The molecular formula is C32H24OV2. The van der Waals surface area contributed by atoms with Gasteiger partial charge in [-0.2, -0.15) is 0 Å². The van der Waals surface area contributed by atoms with Crippen molar-refractivity contribution in [1.29, 1.82) is 0 Å². The van der Waals surface area contributed by atoms with Gasteiger partial charge in [0.05, 0.1) is 0 Å². The number of hydrogen-bond donors (Lipinski definition) is 1. The summed E-state index contributed by atoms with van der Waals surface area (Å²) in [5, 5.41) is 14.3. The van der Waals surface area contributed by atoms with Crippen molar-refractivity contribution in [2.45, 2.75) is 13.8 Å². The maximum Gasteiger partial charge on any atom is 0.115 e. The summed E-state index contributed by atoms with van der Waals surface area (Å²) < 4.78 is 0. The smallest absolute Gasteiger partial charge is 0.115 e. The molecule has 0 aliphatic carbocycles. The molecule has 0 aliphatic heterocycles. The van der Waals surface area contributed by atoms with Crippen LogP contribution in [0.25, 0.3) is 32.7 Å². The molecule has 5 rings (SSSR count). The number of benzene rings is 5. The van der Waals surface area contributed by atoms with E-state index < -0.39 is 0 Å². The molecule has 1 nitrogen and oxygen atoms in total. The minimum absolute atomic E-state index is 0. The molecule has 0 spiro atoms.